The van der Waals surface area contributed by atoms with Crippen LogP contribution in [-0.4, -0.2) is 22.5 Å². The second-order valence-electron chi connectivity index (χ2n) is 6.08. The van der Waals surface area contributed by atoms with Gasteiger partial charge in [0, 0.05) is 18.0 Å². The normalized spacial score (nSPS) is 22.2. The summed E-state index contributed by atoms with van der Waals surface area (Å²) in [6.07, 6.45) is 12.3. The van der Waals surface area contributed by atoms with E-state index in [1.54, 1.807) is 6.08 Å². The van der Waals surface area contributed by atoms with E-state index >= 15 is 0 Å². The van der Waals surface area contributed by atoms with Crippen LogP contribution < -0.4 is 5.32 Å². The first-order valence-corrected chi connectivity index (χ1v) is 8.31. The zero-order chi connectivity index (χ0) is 16.2. The van der Waals surface area contributed by atoms with Gasteiger partial charge in [-0.15, -0.1) is 0 Å². The molecule has 0 aliphatic carbocycles. The van der Waals surface area contributed by atoms with E-state index in [1.165, 1.54) is 24.8 Å². The highest BCUT2D eigenvalue weighted by Crippen LogP contribution is 2.23. The summed E-state index contributed by atoms with van der Waals surface area (Å²) < 4.78 is 0. The molecule has 23 heavy (non-hydrogen) atoms. The van der Waals surface area contributed by atoms with Gasteiger partial charge in [0.05, 0.1) is 17.1 Å². The summed E-state index contributed by atoms with van der Waals surface area (Å²) in [4.78, 5) is 19.9. The van der Waals surface area contributed by atoms with Crippen molar-refractivity contribution in [1.29, 1.82) is 0 Å². The first-order chi connectivity index (χ1) is 11.2. The van der Waals surface area contributed by atoms with E-state index in [0.717, 1.165) is 29.2 Å². The largest absolute Gasteiger partial charge is 0.370 e. The van der Waals surface area contributed by atoms with Crippen LogP contribution in [0.5, 0.6) is 0 Å². The number of rotatable bonds is 6. The fourth-order valence-corrected chi connectivity index (χ4v) is 2.94. The minimum atomic E-state index is -0.328. The van der Waals surface area contributed by atoms with Crippen LogP contribution in [-0.2, 0) is 4.79 Å². The van der Waals surface area contributed by atoms with Crippen molar-refractivity contribution in [3.05, 3.63) is 53.5 Å². The van der Waals surface area contributed by atoms with Crippen LogP contribution in [0, 0.1) is 0 Å². The maximum atomic E-state index is 12.2. The number of H-pyrrole nitrogens is 1. The van der Waals surface area contributed by atoms with Crippen LogP contribution in [0.4, 0.5) is 0 Å². The second-order valence-corrected chi connectivity index (χ2v) is 6.08. The monoisotopic (exact) mass is 309 g/mol. The summed E-state index contributed by atoms with van der Waals surface area (Å²) in [6.45, 7) is 4.26. The van der Waals surface area contributed by atoms with Gasteiger partial charge in [0.1, 0.15) is 6.04 Å². The number of aliphatic imine (C=N–C) groups is 1. The number of allylic oxidation sites excluding steroid dienone is 2. The lowest BCUT2D eigenvalue weighted by molar-refractivity contribution is -0.114. The van der Waals surface area contributed by atoms with E-state index in [2.05, 4.69) is 28.3 Å². The molecule has 0 radical (unpaired) electrons. The van der Waals surface area contributed by atoms with Gasteiger partial charge in [-0.1, -0.05) is 19.8 Å². The summed E-state index contributed by atoms with van der Waals surface area (Å²) in [5.74, 6) is 0.0720. The molecule has 1 aromatic rings. The first-order valence-electron chi connectivity index (χ1n) is 8.31. The minimum Gasteiger partial charge on any atom is -0.370 e. The summed E-state index contributed by atoms with van der Waals surface area (Å²) in [7, 11) is 0. The van der Waals surface area contributed by atoms with Crippen LogP contribution in [0.1, 0.15) is 45.2 Å². The number of hydrogen-bond donors (Lipinski definition) is 2. The lowest BCUT2D eigenvalue weighted by atomic mass is 10.0. The quantitative estimate of drug-likeness (QED) is 0.786. The molecule has 0 fully saturated rings. The number of ketones is 1. The molecular formula is C19H23N3O. The van der Waals surface area contributed by atoms with E-state index in [-0.39, 0.29) is 11.8 Å². The number of unbranched alkanes of at least 4 members (excludes halogenated alkanes) is 2. The SMILES string of the molecule is CCCCCC1=CC(=CC2NC(c3ccc[nH]3)=CC2=O)N=C1C. The van der Waals surface area contributed by atoms with Gasteiger partial charge in [0.15, 0.2) is 5.78 Å². The third kappa shape index (κ3) is 3.52. The number of carbonyl (C=O) groups excluding carboxylic acids is 1. The Bertz CT molecular complexity index is 705. The van der Waals surface area contributed by atoms with Crippen molar-refractivity contribution in [3.8, 4) is 0 Å². The predicted molar refractivity (Wildman–Crippen MR) is 94.1 cm³/mol. The van der Waals surface area contributed by atoms with Gasteiger partial charge in [-0.3, -0.25) is 9.79 Å². The molecule has 1 atom stereocenters. The fraction of sp³-hybridized carbons (Fsp3) is 0.368. The van der Waals surface area contributed by atoms with Crippen LogP contribution in [0.15, 0.2) is 52.8 Å². The van der Waals surface area contributed by atoms with Crippen LogP contribution >= 0.6 is 0 Å². The average Bonchev–Trinajstić information content (AvgIpc) is 3.23. The Morgan fingerprint density at radius 1 is 1.30 bits per heavy atom. The molecule has 0 aromatic carbocycles. The molecule has 3 rings (SSSR count). The summed E-state index contributed by atoms with van der Waals surface area (Å²) in [6, 6.07) is 3.54. The molecule has 0 bridgehead atoms. The van der Waals surface area contributed by atoms with Crippen molar-refractivity contribution in [1.82, 2.24) is 10.3 Å². The molecule has 3 heterocycles. The molecule has 0 spiro atoms. The van der Waals surface area contributed by atoms with E-state index in [0.29, 0.717) is 0 Å². The van der Waals surface area contributed by atoms with E-state index in [1.807, 2.05) is 31.3 Å². The molecule has 2 aliphatic rings. The van der Waals surface area contributed by atoms with Crippen molar-refractivity contribution in [2.75, 3.05) is 0 Å². The van der Waals surface area contributed by atoms with E-state index in [4.69, 9.17) is 0 Å². The molecule has 2 N–H and O–H groups in total. The van der Waals surface area contributed by atoms with E-state index in [9.17, 15) is 4.79 Å². The van der Waals surface area contributed by atoms with Crippen LogP contribution in [0.25, 0.3) is 5.70 Å². The third-order valence-corrected chi connectivity index (χ3v) is 4.26. The van der Waals surface area contributed by atoms with Crippen molar-refractivity contribution < 1.29 is 4.79 Å². The van der Waals surface area contributed by atoms with Gasteiger partial charge >= 0.3 is 0 Å². The molecule has 4 nitrogen and oxygen atoms in total. The fourth-order valence-electron chi connectivity index (χ4n) is 2.94. The molecule has 0 saturated carbocycles. The highest BCUT2D eigenvalue weighted by Gasteiger charge is 2.24. The Labute approximate surface area is 137 Å². The Hall–Kier alpha value is -2.36. The van der Waals surface area contributed by atoms with Crippen molar-refractivity contribution in [3.63, 3.8) is 0 Å². The number of nitrogens with zero attached hydrogens (tertiary/aromatic N) is 1. The minimum absolute atomic E-state index is 0.0720. The topological polar surface area (TPSA) is 57.2 Å². The molecule has 0 amide bonds. The van der Waals surface area contributed by atoms with Gasteiger partial charge < -0.3 is 10.3 Å². The van der Waals surface area contributed by atoms with Crippen LogP contribution in [0.3, 0.4) is 0 Å². The molecule has 2 aliphatic heterocycles. The number of nitrogens with one attached hydrogen (secondary N) is 2. The molecule has 1 unspecified atom stereocenters. The number of aromatic amines is 1. The van der Waals surface area contributed by atoms with Gasteiger partial charge in [-0.25, -0.2) is 0 Å². The van der Waals surface area contributed by atoms with Crippen LogP contribution in [0.2, 0.25) is 0 Å². The lowest BCUT2D eigenvalue weighted by Gasteiger charge is -2.07. The molecular weight excluding hydrogens is 286 g/mol. The predicted octanol–water partition coefficient (Wildman–Crippen LogP) is 3.76. The van der Waals surface area contributed by atoms with Gasteiger partial charge in [0.25, 0.3) is 0 Å². The number of hydrogen-bond acceptors (Lipinski definition) is 3. The second kappa shape index (κ2) is 6.82. The molecule has 4 heteroatoms. The maximum Gasteiger partial charge on any atom is 0.184 e. The highest BCUT2D eigenvalue weighted by molar-refractivity contribution is 6.06. The Balaban J connectivity index is 1.68. The van der Waals surface area contributed by atoms with Gasteiger partial charge in [-0.05, 0) is 49.6 Å². The van der Waals surface area contributed by atoms with Crippen molar-refractivity contribution in [2.24, 2.45) is 4.99 Å². The summed E-state index contributed by atoms with van der Waals surface area (Å²) >= 11 is 0. The first kappa shape index (κ1) is 15.5. The Morgan fingerprint density at radius 2 is 2.17 bits per heavy atom. The maximum absolute atomic E-state index is 12.2. The average molecular weight is 309 g/mol. The Morgan fingerprint density at radius 3 is 2.91 bits per heavy atom. The van der Waals surface area contributed by atoms with Gasteiger partial charge in [-0.2, -0.15) is 0 Å². The molecule has 120 valence electrons. The van der Waals surface area contributed by atoms with Crippen molar-refractivity contribution in [2.45, 2.75) is 45.6 Å². The summed E-state index contributed by atoms with van der Waals surface area (Å²) in [5, 5.41) is 3.26. The Kier molecular flexibility index (Phi) is 4.60. The standard InChI is InChI=1S/C19H23N3O/c1-3-4-5-7-14-10-15(21-13(14)2)11-18-19(23)12-17(22-18)16-8-6-9-20-16/h6,8-12,18,20,22H,3-5,7H2,1-2H3. The smallest absolute Gasteiger partial charge is 0.184 e. The van der Waals surface area contributed by atoms with Crippen molar-refractivity contribution >= 4 is 17.2 Å². The number of carbonyl (C=O) groups is 1. The zero-order valence-electron chi connectivity index (χ0n) is 13.7. The van der Waals surface area contributed by atoms with E-state index < -0.39 is 0 Å². The summed E-state index contributed by atoms with van der Waals surface area (Å²) in [5.41, 5.74) is 5.04. The van der Waals surface area contributed by atoms with Gasteiger partial charge in [0.2, 0.25) is 0 Å². The third-order valence-electron chi connectivity index (χ3n) is 4.26. The zero-order valence-corrected chi connectivity index (χ0v) is 13.7. The molecule has 0 saturated heterocycles. The molecule has 1 aromatic heterocycles. The number of aromatic nitrogens is 1. The lowest BCUT2D eigenvalue weighted by Crippen LogP contribution is -2.26. The highest BCUT2D eigenvalue weighted by atomic mass is 16.1.